The van der Waals surface area contributed by atoms with Gasteiger partial charge in [-0.25, -0.2) is 9.67 Å². The molecule has 0 aliphatic rings. The van der Waals surface area contributed by atoms with Crippen molar-refractivity contribution in [2.24, 2.45) is 0 Å². The standard InChI is InChI=1S/C15H14BrClN4S/c1-10(14-4-5-15(16)22-14)19-7-11-2-3-12(17)6-13(11)21-9-18-8-20-21/h2-6,8-10,19H,7H2,1H3. The van der Waals surface area contributed by atoms with E-state index in [4.69, 9.17) is 11.6 Å². The zero-order valence-electron chi connectivity index (χ0n) is 11.8. The number of benzene rings is 1. The van der Waals surface area contributed by atoms with Crippen LogP contribution in [0.4, 0.5) is 0 Å². The summed E-state index contributed by atoms with van der Waals surface area (Å²) in [6.45, 7) is 2.88. The Bertz CT molecular complexity index is 757. The van der Waals surface area contributed by atoms with Crippen LogP contribution in [0.1, 0.15) is 23.4 Å². The third-order valence-electron chi connectivity index (χ3n) is 3.33. The van der Waals surface area contributed by atoms with Crippen molar-refractivity contribution in [3.05, 3.63) is 62.2 Å². The number of halogens is 2. The summed E-state index contributed by atoms with van der Waals surface area (Å²) < 4.78 is 2.88. The van der Waals surface area contributed by atoms with Crippen LogP contribution in [0.3, 0.4) is 0 Å². The van der Waals surface area contributed by atoms with Crippen molar-refractivity contribution < 1.29 is 0 Å². The summed E-state index contributed by atoms with van der Waals surface area (Å²) >= 11 is 11.4. The summed E-state index contributed by atoms with van der Waals surface area (Å²) in [4.78, 5) is 5.29. The number of rotatable bonds is 5. The highest BCUT2D eigenvalue weighted by molar-refractivity contribution is 9.11. The van der Waals surface area contributed by atoms with Crippen molar-refractivity contribution in [3.63, 3.8) is 0 Å². The maximum atomic E-state index is 6.11. The molecule has 0 spiro atoms. The molecule has 3 rings (SSSR count). The molecule has 22 heavy (non-hydrogen) atoms. The van der Waals surface area contributed by atoms with Crippen molar-refractivity contribution in [1.82, 2.24) is 20.1 Å². The van der Waals surface area contributed by atoms with E-state index in [2.05, 4.69) is 50.4 Å². The Hall–Kier alpha value is -1.21. The molecule has 0 radical (unpaired) electrons. The average Bonchev–Trinajstić information content (AvgIpc) is 3.17. The Kier molecular flexibility index (Phi) is 4.93. The second kappa shape index (κ2) is 6.91. The number of nitrogens with zero attached hydrogens (tertiary/aromatic N) is 3. The van der Waals surface area contributed by atoms with Crippen LogP contribution in [0.25, 0.3) is 5.69 Å². The molecule has 0 saturated carbocycles. The lowest BCUT2D eigenvalue weighted by Gasteiger charge is -2.15. The molecule has 1 aromatic carbocycles. The second-order valence-electron chi connectivity index (χ2n) is 4.86. The lowest BCUT2D eigenvalue weighted by atomic mass is 10.1. The highest BCUT2D eigenvalue weighted by Gasteiger charge is 2.11. The summed E-state index contributed by atoms with van der Waals surface area (Å²) in [6, 6.07) is 10.3. The number of nitrogens with one attached hydrogen (secondary N) is 1. The van der Waals surface area contributed by atoms with Crippen LogP contribution in [-0.4, -0.2) is 14.8 Å². The second-order valence-corrected chi connectivity index (χ2v) is 7.79. The summed E-state index contributed by atoms with van der Waals surface area (Å²) in [5, 5.41) is 8.41. The molecule has 3 aromatic rings. The smallest absolute Gasteiger partial charge is 0.138 e. The molecule has 0 amide bonds. The molecule has 7 heteroatoms. The van der Waals surface area contributed by atoms with Gasteiger partial charge < -0.3 is 5.32 Å². The summed E-state index contributed by atoms with van der Waals surface area (Å²) in [5.41, 5.74) is 2.06. The SMILES string of the molecule is CC(NCc1ccc(Cl)cc1-n1cncn1)c1ccc(Br)s1. The largest absolute Gasteiger partial charge is 0.305 e. The number of hydrogen-bond acceptors (Lipinski definition) is 4. The normalized spacial score (nSPS) is 12.5. The third kappa shape index (κ3) is 3.57. The predicted octanol–water partition coefficient (Wildman–Crippen LogP) is 4.60. The van der Waals surface area contributed by atoms with Crippen LogP contribution in [0.5, 0.6) is 0 Å². The third-order valence-corrected chi connectivity index (χ3v) is 5.37. The zero-order chi connectivity index (χ0) is 15.5. The van der Waals surface area contributed by atoms with E-state index in [0.29, 0.717) is 5.02 Å². The van der Waals surface area contributed by atoms with Crippen LogP contribution < -0.4 is 5.32 Å². The van der Waals surface area contributed by atoms with Gasteiger partial charge in [0.25, 0.3) is 0 Å². The Labute approximate surface area is 146 Å². The van der Waals surface area contributed by atoms with Gasteiger partial charge in [0.1, 0.15) is 12.7 Å². The Morgan fingerprint density at radius 2 is 2.23 bits per heavy atom. The molecule has 114 valence electrons. The quantitative estimate of drug-likeness (QED) is 0.684. The van der Waals surface area contributed by atoms with E-state index in [-0.39, 0.29) is 6.04 Å². The maximum absolute atomic E-state index is 6.11. The topological polar surface area (TPSA) is 42.7 Å². The van der Waals surface area contributed by atoms with Crippen LogP contribution in [0.15, 0.2) is 46.8 Å². The number of thiophene rings is 1. The van der Waals surface area contributed by atoms with E-state index >= 15 is 0 Å². The fourth-order valence-corrected chi connectivity index (χ4v) is 3.77. The van der Waals surface area contributed by atoms with Gasteiger partial charge in [-0.1, -0.05) is 17.7 Å². The Morgan fingerprint density at radius 1 is 1.36 bits per heavy atom. The zero-order valence-corrected chi connectivity index (χ0v) is 15.0. The summed E-state index contributed by atoms with van der Waals surface area (Å²) in [6.07, 6.45) is 3.19. The van der Waals surface area contributed by atoms with Crippen molar-refractivity contribution in [3.8, 4) is 5.69 Å². The monoisotopic (exact) mass is 396 g/mol. The van der Waals surface area contributed by atoms with Gasteiger partial charge in [-0.05, 0) is 52.7 Å². The molecule has 1 atom stereocenters. The van der Waals surface area contributed by atoms with E-state index in [0.717, 1.165) is 21.6 Å². The lowest BCUT2D eigenvalue weighted by molar-refractivity contribution is 0.580. The summed E-state index contributed by atoms with van der Waals surface area (Å²) in [7, 11) is 0. The average molecular weight is 398 g/mol. The predicted molar refractivity (Wildman–Crippen MR) is 93.6 cm³/mol. The van der Waals surface area contributed by atoms with Crippen LogP contribution >= 0.6 is 38.9 Å². The minimum atomic E-state index is 0.274. The fraction of sp³-hybridized carbons (Fsp3) is 0.200. The molecule has 0 bridgehead atoms. The highest BCUT2D eigenvalue weighted by atomic mass is 79.9. The van der Waals surface area contributed by atoms with Gasteiger partial charge in [0, 0.05) is 22.5 Å². The van der Waals surface area contributed by atoms with Crippen molar-refractivity contribution >= 4 is 38.9 Å². The van der Waals surface area contributed by atoms with E-state index in [1.165, 1.54) is 11.2 Å². The van der Waals surface area contributed by atoms with Crippen molar-refractivity contribution in [1.29, 1.82) is 0 Å². The molecule has 0 saturated heterocycles. The lowest BCUT2D eigenvalue weighted by Crippen LogP contribution is -2.18. The molecule has 0 aliphatic heterocycles. The van der Waals surface area contributed by atoms with Gasteiger partial charge in [0.05, 0.1) is 9.47 Å². The molecule has 0 fully saturated rings. The van der Waals surface area contributed by atoms with Crippen molar-refractivity contribution in [2.75, 3.05) is 0 Å². The van der Waals surface area contributed by atoms with Crippen molar-refractivity contribution in [2.45, 2.75) is 19.5 Å². The Morgan fingerprint density at radius 3 is 2.91 bits per heavy atom. The minimum absolute atomic E-state index is 0.274. The van der Waals surface area contributed by atoms with E-state index in [1.807, 2.05) is 18.2 Å². The fourth-order valence-electron chi connectivity index (χ4n) is 2.16. The maximum Gasteiger partial charge on any atom is 0.138 e. The van der Waals surface area contributed by atoms with Gasteiger partial charge in [0.15, 0.2) is 0 Å². The molecule has 1 unspecified atom stereocenters. The molecule has 2 aromatic heterocycles. The first-order chi connectivity index (χ1) is 10.6. The first kappa shape index (κ1) is 15.7. The molecular formula is C15H14BrClN4S. The van der Waals surface area contributed by atoms with Crippen LogP contribution in [0.2, 0.25) is 5.02 Å². The van der Waals surface area contributed by atoms with Gasteiger partial charge >= 0.3 is 0 Å². The number of hydrogen-bond donors (Lipinski definition) is 1. The van der Waals surface area contributed by atoms with Crippen LogP contribution in [-0.2, 0) is 6.54 Å². The first-order valence-electron chi connectivity index (χ1n) is 6.75. The van der Waals surface area contributed by atoms with Crippen LogP contribution in [0, 0.1) is 0 Å². The summed E-state index contributed by atoms with van der Waals surface area (Å²) in [5.74, 6) is 0. The van der Waals surface area contributed by atoms with E-state index in [9.17, 15) is 0 Å². The van der Waals surface area contributed by atoms with Gasteiger partial charge in [0.2, 0.25) is 0 Å². The molecule has 1 N–H and O–H groups in total. The minimum Gasteiger partial charge on any atom is -0.305 e. The molecule has 4 nitrogen and oxygen atoms in total. The molecular weight excluding hydrogens is 384 g/mol. The van der Waals surface area contributed by atoms with Gasteiger partial charge in [-0.3, -0.25) is 0 Å². The highest BCUT2D eigenvalue weighted by Crippen LogP contribution is 2.27. The van der Waals surface area contributed by atoms with E-state index < -0.39 is 0 Å². The number of aromatic nitrogens is 3. The first-order valence-corrected chi connectivity index (χ1v) is 8.74. The Balaban J connectivity index is 1.78. The van der Waals surface area contributed by atoms with E-state index in [1.54, 1.807) is 22.3 Å². The van der Waals surface area contributed by atoms with Gasteiger partial charge in [-0.2, -0.15) is 5.10 Å². The molecule has 2 heterocycles. The molecule has 0 aliphatic carbocycles. The van der Waals surface area contributed by atoms with Gasteiger partial charge in [-0.15, -0.1) is 11.3 Å².